The molecule has 2 saturated heterocycles. The third-order valence-corrected chi connectivity index (χ3v) is 6.58. The molecule has 2 heterocycles. The van der Waals surface area contributed by atoms with Gasteiger partial charge in [-0.25, -0.2) is 0 Å². The van der Waals surface area contributed by atoms with Crippen LogP contribution in [0.3, 0.4) is 0 Å². The monoisotopic (exact) mass is 531 g/mol. The maximum Gasteiger partial charge on any atom is 0.191 e. The van der Waals surface area contributed by atoms with Crippen LogP contribution in [0.1, 0.15) is 37.7 Å². The maximum atomic E-state index is 4.36. The molecular formula is C22H38IN5S. The highest BCUT2D eigenvalue weighted by Gasteiger charge is 2.11. The van der Waals surface area contributed by atoms with Gasteiger partial charge >= 0.3 is 0 Å². The molecule has 0 atom stereocenters. The fourth-order valence-corrected chi connectivity index (χ4v) is 4.82. The van der Waals surface area contributed by atoms with E-state index in [2.05, 4.69) is 61.5 Å². The number of halogens is 1. The second-order valence-electron chi connectivity index (χ2n) is 7.73. The average Bonchev–Trinajstić information content (AvgIpc) is 3.03. The van der Waals surface area contributed by atoms with Crippen molar-refractivity contribution < 1.29 is 0 Å². The molecule has 1 aromatic carbocycles. The molecule has 0 spiro atoms. The third kappa shape index (κ3) is 8.92. The zero-order chi connectivity index (χ0) is 19.4. The van der Waals surface area contributed by atoms with Gasteiger partial charge in [0.15, 0.2) is 5.96 Å². The minimum Gasteiger partial charge on any atom is -0.370 e. The first-order valence-electron chi connectivity index (χ1n) is 10.9. The third-order valence-electron chi connectivity index (χ3n) is 5.64. The van der Waals surface area contributed by atoms with Crippen molar-refractivity contribution in [3.63, 3.8) is 0 Å². The van der Waals surface area contributed by atoms with E-state index >= 15 is 0 Å². The van der Waals surface area contributed by atoms with Crippen LogP contribution in [0, 0.1) is 0 Å². The fraction of sp³-hybridized carbons (Fsp3) is 0.682. The first kappa shape index (κ1) is 24.6. The van der Waals surface area contributed by atoms with Gasteiger partial charge in [-0.15, -0.1) is 24.0 Å². The summed E-state index contributed by atoms with van der Waals surface area (Å²) < 4.78 is 0. The van der Waals surface area contributed by atoms with Crippen molar-refractivity contribution in [3.8, 4) is 0 Å². The van der Waals surface area contributed by atoms with E-state index in [1.807, 2.05) is 7.05 Å². The Morgan fingerprint density at radius 1 is 0.966 bits per heavy atom. The number of hydrogen-bond acceptors (Lipinski definition) is 4. The molecule has 29 heavy (non-hydrogen) atoms. The Bertz CT molecular complexity index is 581. The van der Waals surface area contributed by atoms with Crippen LogP contribution in [0.2, 0.25) is 0 Å². The molecule has 2 aliphatic rings. The number of likely N-dealkylation sites (tertiary alicyclic amines) is 1. The van der Waals surface area contributed by atoms with Crippen molar-refractivity contribution in [2.75, 3.05) is 62.7 Å². The summed E-state index contributed by atoms with van der Waals surface area (Å²) in [5.74, 6) is 3.37. The summed E-state index contributed by atoms with van der Waals surface area (Å²) in [5.41, 5.74) is 2.64. The highest BCUT2D eigenvalue weighted by Crippen LogP contribution is 2.19. The summed E-state index contributed by atoms with van der Waals surface area (Å²) in [6.45, 7) is 7.86. The molecule has 2 aliphatic heterocycles. The molecule has 2 N–H and O–H groups in total. The predicted molar refractivity (Wildman–Crippen MR) is 139 cm³/mol. The molecule has 164 valence electrons. The molecule has 0 aliphatic carbocycles. The first-order valence-corrected chi connectivity index (χ1v) is 12.1. The van der Waals surface area contributed by atoms with Crippen molar-refractivity contribution in [3.05, 3.63) is 29.8 Å². The summed E-state index contributed by atoms with van der Waals surface area (Å²) >= 11 is 2.05. The van der Waals surface area contributed by atoms with Crippen LogP contribution in [0.15, 0.2) is 29.3 Å². The quantitative estimate of drug-likeness (QED) is 0.243. The number of nitrogens with zero attached hydrogens (tertiary/aromatic N) is 3. The van der Waals surface area contributed by atoms with Crippen LogP contribution in [0.25, 0.3) is 0 Å². The van der Waals surface area contributed by atoms with E-state index in [1.165, 1.54) is 74.5 Å². The highest BCUT2D eigenvalue weighted by atomic mass is 127. The fourth-order valence-electron chi connectivity index (χ4n) is 3.92. The van der Waals surface area contributed by atoms with Crippen molar-refractivity contribution in [1.82, 2.24) is 15.5 Å². The number of aliphatic imine (C=N–C) groups is 1. The summed E-state index contributed by atoms with van der Waals surface area (Å²) in [4.78, 5) is 9.47. The Balaban J connectivity index is 0.00000300. The molecule has 0 unspecified atom stereocenters. The van der Waals surface area contributed by atoms with Crippen molar-refractivity contribution in [1.29, 1.82) is 0 Å². The van der Waals surface area contributed by atoms with Crippen LogP contribution < -0.4 is 15.5 Å². The zero-order valence-corrected chi connectivity index (χ0v) is 21.0. The summed E-state index contributed by atoms with van der Waals surface area (Å²) in [7, 11) is 1.85. The number of benzene rings is 1. The second kappa shape index (κ2) is 14.4. The Hall–Kier alpha value is -0.670. The first-order chi connectivity index (χ1) is 13.8. The van der Waals surface area contributed by atoms with Crippen LogP contribution in [-0.2, 0) is 6.54 Å². The van der Waals surface area contributed by atoms with Crippen LogP contribution in [-0.4, -0.2) is 68.7 Å². The van der Waals surface area contributed by atoms with Crippen LogP contribution >= 0.6 is 35.7 Å². The molecule has 0 radical (unpaired) electrons. The van der Waals surface area contributed by atoms with E-state index in [9.17, 15) is 0 Å². The number of anilines is 1. The summed E-state index contributed by atoms with van der Waals surface area (Å²) in [6.07, 6.45) is 6.72. The van der Waals surface area contributed by atoms with Crippen molar-refractivity contribution >= 4 is 47.4 Å². The van der Waals surface area contributed by atoms with Crippen LogP contribution in [0.5, 0.6) is 0 Å². The summed E-state index contributed by atoms with van der Waals surface area (Å²) in [6, 6.07) is 8.97. The predicted octanol–water partition coefficient (Wildman–Crippen LogP) is 3.79. The standard InChI is InChI=1S/C22H37N5S.HI/c1-23-22(24-11-6-14-26-12-4-2-3-5-13-26)25-19-20-7-9-21(10-8-20)27-15-17-28-18-16-27;/h7-10H,2-6,11-19H2,1H3,(H2,23,24,25);1H. The Kier molecular flexibility index (Phi) is 12.2. The van der Waals surface area contributed by atoms with E-state index in [-0.39, 0.29) is 24.0 Å². The van der Waals surface area contributed by atoms with E-state index in [4.69, 9.17) is 0 Å². The molecule has 5 nitrogen and oxygen atoms in total. The highest BCUT2D eigenvalue weighted by molar-refractivity contribution is 14.0. The minimum atomic E-state index is 0. The molecule has 0 aromatic heterocycles. The van der Waals surface area contributed by atoms with Gasteiger partial charge in [0, 0.05) is 50.4 Å². The van der Waals surface area contributed by atoms with Crippen molar-refractivity contribution in [2.24, 2.45) is 4.99 Å². The number of thioether (sulfide) groups is 1. The lowest BCUT2D eigenvalue weighted by atomic mass is 10.2. The number of rotatable bonds is 7. The second-order valence-corrected chi connectivity index (χ2v) is 8.95. The van der Waals surface area contributed by atoms with Gasteiger partial charge in [0.05, 0.1) is 0 Å². The molecular weight excluding hydrogens is 493 g/mol. The molecule has 0 bridgehead atoms. The Morgan fingerprint density at radius 3 is 2.31 bits per heavy atom. The van der Waals surface area contributed by atoms with Gasteiger partial charge in [-0.2, -0.15) is 11.8 Å². The van der Waals surface area contributed by atoms with E-state index in [0.717, 1.165) is 32.1 Å². The van der Waals surface area contributed by atoms with Gasteiger partial charge in [0.1, 0.15) is 0 Å². The minimum absolute atomic E-state index is 0. The van der Waals surface area contributed by atoms with E-state index < -0.39 is 0 Å². The molecule has 0 saturated carbocycles. The van der Waals surface area contributed by atoms with Gasteiger partial charge in [-0.3, -0.25) is 4.99 Å². The SMILES string of the molecule is CN=C(NCCCN1CCCCCC1)NCc1ccc(N2CCSCC2)cc1.I. The Labute approximate surface area is 198 Å². The maximum absolute atomic E-state index is 4.36. The van der Waals surface area contributed by atoms with Crippen molar-refractivity contribution in [2.45, 2.75) is 38.6 Å². The van der Waals surface area contributed by atoms with Crippen LogP contribution in [0.4, 0.5) is 5.69 Å². The number of guanidine groups is 1. The lowest BCUT2D eigenvalue weighted by Gasteiger charge is -2.28. The smallest absolute Gasteiger partial charge is 0.191 e. The number of hydrogen-bond donors (Lipinski definition) is 2. The van der Waals surface area contributed by atoms with Gasteiger partial charge in [0.2, 0.25) is 0 Å². The Morgan fingerprint density at radius 2 is 1.66 bits per heavy atom. The van der Waals surface area contributed by atoms with Gasteiger partial charge in [-0.05, 0) is 56.6 Å². The van der Waals surface area contributed by atoms with Gasteiger partial charge in [0.25, 0.3) is 0 Å². The zero-order valence-electron chi connectivity index (χ0n) is 17.9. The lowest BCUT2D eigenvalue weighted by Crippen LogP contribution is -2.38. The van der Waals surface area contributed by atoms with E-state index in [0.29, 0.717) is 0 Å². The van der Waals surface area contributed by atoms with E-state index in [1.54, 1.807) is 0 Å². The summed E-state index contributed by atoms with van der Waals surface area (Å²) in [5, 5.41) is 6.90. The lowest BCUT2D eigenvalue weighted by molar-refractivity contribution is 0.282. The topological polar surface area (TPSA) is 42.9 Å². The molecule has 1 aromatic rings. The normalized spacial score (nSPS) is 18.7. The van der Waals surface area contributed by atoms with Gasteiger partial charge < -0.3 is 20.4 Å². The molecule has 3 rings (SSSR count). The largest absolute Gasteiger partial charge is 0.370 e. The van der Waals surface area contributed by atoms with Gasteiger partial charge in [-0.1, -0.05) is 25.0 Å². The number of nitrogens with one attached hydrogen (secondary N) is 2. The molecule has 0 amide bonds. The molecule has 2 fully saturated rings. The average molecular weight is 532 g/mol. The molecule has 7 heteroatoms.